The molecule has 8 nitrogen and oxygen atoms in total. The van der Waals surface area contributed by atoms with Crippen LogP contribution >= 0.6 is 15.9 Å². The highest BCUT2D eigenvalue weighted by Crippen LogP contribution is 2.28. The van der Waals surface area contributed by atoms with Crippen molar-refractivity contribution in [1.82, 2.24) is 5.32 Å². The van der Waals surface area contributed by atoms with E-state index in [4.69, 9.17) is 4.74 Å². The van der Waals surface area contributed by atoms with Crippen LogP contribution in [-0.2, 0) is 14.3 Å². The number of nitrogens with zero attached hydrogens (tertiary/aromatic N) is 1. The number of benzene rings is 2. The van der Waals surface area contributed by atoms with E-state index >= 15 is 0 Å². The van der Waals surface area contributed by atoms with Gasteiger partial charge in [-0.1, -0.05) is 6.07 Å². The molecule has 2 aromatic carbocycles. The van der Waals surface area contributed by atoms with Crippen LogP contribution in [0.1, 0.15) is 22.8 Å². The summed E-state index contributed by atoms with van der Waals surface area (Å²) in [6, 6.07) is 9.91. The third-order valence-corrected chi connectivity index (χ3v) is 4.83. The SMILES string of the molecule is CCOc1ccc(/C=C2\C(=O)NC(=O)N(c3ccc(C(=O)OC)cc3)C2=O)cc1Br. The molecule has 0 saturated carbocycles. The summed E-state index contributed by atoms with van der Waals surface area (Å²) in [5.41, 5.74) is 0.829. The number of amides is 4. The lowest BCUT2D eigenvalue weighted by Gasteiger charge is -2.26. The van der Waals surface area contributed by atoms with E-state index in [2.05, 4.69) is 26.0 Å². The summed E-state index contributed by atoms with van der Waals surface area (Å²) in [6.45, 7) is 2.35. The second kappa shape index (κ2) is 8.91. The maximum Gasteiger partial charge on any atom is 0.337 e. The molecule has 1 N–H and O–H groups in total. The van der Waals surface area contributed by atoms with Crippen LogP contribution in [0.2, 0.25) is 0 Å². The van der Waals surface area contributed by atoms with Crippen LogP contribution in [0, 0.1) is 0 Å². The zero-order chi connectivity index (χ0) is 21.8. The first kappa shape index (κ1) is 21.3. The fourth-order valence-corrected chi connectivity index (χ4v) is 3.31. The minimum Gasteiger partial charge on any atom is -0.493 e. The first-order chi connectivity index (χ1) is 14.3. The van der Waals surface area contributed by atoms with Gasteiger partial charge in [-0.05, 0) is 70.9 Å². The molecule has 9 heteroatoms. The number of esters is 1. The van der Waals surface area contributed by atoms with E-state index in [0.717, 1.165) is 4.90 Å². The topological polar surface area (TPSA) is 102 Å². The molecule has 4 amide bonds. The van der Waals surface area contributed by atoms with Gasteiger partial charge < -0.3 is 9.47 Å². The summed E-state index contributed by atoms with van der Waals surface area (Å²) in [5, 5.41) is 2.15. The Bertz CT molecular complexity index is 1060. The number of barbiturate groups is 1. The van der Waals surface area contributed by atoms with Gasteiger partial charge in [0.25, 0.3) is 11.8 Å². The van der Waals surface area contributed by atoms with Crippen molar-refractivity contribution in [3.63, 3.8) is 0 Å². The van der Waals surface area contributed by atoms with E-state index in [1.165, 1.54) is 37.5 Å². The Hall–Kier alpha value is -3.46. The van der Waals surface area contributed by atoms with Gasteiger partial charge in [-0.2, -0.15) is 0 Å². The minimum absolute atomic E-state index is 0.205. The summed E-state index contributed by atoms with van der Waals surface area (Å²) in [7, 11) is 1.25. The van der Waals surface area contributed by atoms with E-state index < -0.39 is 23.8 Å². The number of anilines is 1. The van der Waals surface area contributed by atoms with Gasteiger partial charge in [0, 0.05) is 0 Å². The molecule has 0 bridgehead atoms. The number of imide groups is 2. The lowest BCUT2D eigenvalue weighted by atomic mass is 10.1. The Morgan fingerprint density at radius 3 is 2.43 bits per heavy atom. The molecule has 3 rings (SSSR count). The van der Waals surface area contributed by atoms with E-state index in [9.17, 15) is 19.2 Å². The first-order valence-corrected chi connectivity index (χ1v) is 9.67. The highest BCUT2D eigenvalue weighted by molar-refractivity contribution is 9.10. The number of hydrogen-bond acceptors (Lipinski definition) is 6. The quantitative estimate of drug-likeness (QED) is 0.406. The number of halogens is 1. The van der Waals surface area contributed by atoms with Crippen LogP contribution < -0.4 is 15.0 Å². The summed E-state index contributed by atoms with van der Waals surface area (Å²) in [6.07, 6.45) is 1.39. The van der Waals surface area contributed by atoms with Gasteiger partial charge in [-0.3, -0.25) is 14.9 Å². The van der Waals surface area contributed by atoms with Crippen molar-refractivity contribution in [2.24, 2.45) is 0 Å². The van der Waals surface area contributed by atoms with Crippen molar-refractivity contribution in [2.45, 2.75) is 6.92 Å². The molecule has 1 aliphatic heterocycles. The van der Waals surface area contributed by atoms with Crippen molar-refractivity contribution in [3.8, 4) is 5.75 Å². The fourth-order valence-electron chi connectivity index (χ4n) is 2.80. The third-order valence-electron chi connectivity index (χ3n) is 4.22. The van der Waals surface area contributed by atoms with Gasteiger partial charge in [-0.15, -0.1) is 0 Å². The molecule has 154 valence electrons. The Labute approximate surface area is 180 Å². The maximum atomic E-state index is 12.9. The highest BCUT2D eigenvalue weighted by atomic mass is 79.9. The molecule has 0 aliphatic carbocycles. The minimum atomic E-state index is -0.874. The zero-order valence-electron chi connectivity index (χ0n) is 16.1. The van der Waals surface area contributed by atoms with Gasteiger partial charge in [0.1, 0.15) is 11.3 Å². The van der Waals surface area contributed by atoms with E-state index in [1.807, 2.05) is 6.92 Å². The largest absolute Gasteiger partial charge is 0.493 e. The molecule has 0 unspecified atom stereocenters. The van der Waals surface area contributed by atoms with Crippen LogP contribution in [0.15, 0.2) is 52.5 Å². The average molecular weight is 473 g/mol. The lowest BCUT2D eigenvalue weighted by molar-refractivity contribution is -0.122. The van der Waals surface area contributed by atoms with Crippen molar-refractivity contribution in [3.05, 3.63) is 63.6 Å². The Morgan fingerprint density at radius 1 is 1.13 bits per heavy atom. The number of nitrogens with one attached hydrogen (secondary N) is 1. The summed E-state index contributed by atoms with van der Waals surface area (Å²) in [5.74, 6) is -1.49. The van der Waals surface area contributed by atoms with Crippen molar-refractivity contribution in [1.29, 1.82) is 0 Å². The second-order valence-corrected chi connectivity index (χ2v) is 6.97. The fraction of sp³-hybridized carbons (Fsp3) is 0.143. The average Bonchev–Trinajstić information content (AvgIpc) is 2.73. The number of urea groups is 1. The molecule has 1 heterocycles. The highest BCUT2D eigenvalue weighted by Gasteiger charge is 2.36. The van der Waals surface area contributed by atoms with Gasteiger partial charge >= 0.3 is 12.0 Å². The van der Waals surface area contributed by atoms with Crippen LogP contribution in [0.3, 0.4) is 0 Å². The van der Waals surface area contributed by atoms with Crippen LogP contribution in [0.25, 0.3) is 6.08 Å². The van der Waals surface area contributed by atoms with Gasteiger partial charge in [0.2, 0.25) is 0 Å². The molecule has 1 aliphatic rings. The van der Waals surface area contributed by atoms with Gasteiger partial charge in [-0.25, -0.2) is 14.5 Å². The second-order valence-electron chi connectivity index (χ2n) is 6.12. The molecular weight excluding hydrogens is 456 g/mol. The lowest BCUT2D eigenvalue weighted by Crippen LogP contribution is -2.54. The summed E-state index contributed by atoms with van der Waals surface area (Å²) >= 11 is 3.38. The predicted molar refractivity (Wildman–Crippen MR) is 112 cm³/mol. The van der Waals surface area contributed by atoms with Crippen LogP contribution in [0.5, 0.6) is 5.75 Å². The van der Waals surface area contributed by atoms with Crippen LogP contribution in [0.4, 0.5) is 10.5 Å². The number of carbonyl (C=O) groups excluding carboxylic acids is 4. The molecule has 0 radical (unpaired) electrons. The van der Waals surface area contributed by atoms with E-state index in [1.54, 1.807) is 18.2 Å². The first-order valence-electron chi connectivity index (χ1n) is 8.88. The number of carbonyl (C=O) groups is 4. The molecule has 2 aromatic rings. The number of methoxy groups -OCH3 is 1. The Kier molecular flexibility index (Phi) is 6.31. The zero-order valence-corrected chi connectivity index (χ0v) is 17.7. The van der Waals surface area contributed by atoms with Crippen LogP contribution in [-0.4, -0.2) is 37.5 Å². The van der Waals surface area contributed by atoms with Crippen molar-refractivity contribution >= 4 is 51.5 Å². The Morgan fingerprint density at radius 2 is 1.83 bits per heavy atom. The molecule has 0 atom stereocenters. The van der Waals surface area contributed by atoms with Crippen molar-refractivity contribution < 1.29 is 28.7 Å². The van der Waals surface area contributed by atoms with Crippen molar-refractivity contribution in [2.75, 3.05) is 18.6 Å². The molecule has 0 aromatic heterocycles. The standard InChI is InChI=1S/C21H17BrN2O6/c1-3-30-17-9-4-12(11-16(17)22)10-15-18(25)23-21(28)24(19(15)26)14-7-5-13(6-8-14)20(27)29-2/h4-11H,3H2,1-2H3,(H,23,25,28)/b15-10+. The van der Waals surface area contributed by atoms with E-state index in [-0.39, 0.29) is 16.8 Å². The summed E-state index contributed by atoms with van der Waals surface area (Å²) < 4.78 is 10.7. The summed E-state index contributed by atoms with van der Waals surface area (Å²) in [4.78, 5) is 49.9. The third kappa shape index (κ3) is 4.25. The molecule has 1 saturated heterocycles. The molecular formula is C21H17BrN2O6. The number of rotatable bonds is 5. The molecule has 1 fully saturated rings. The monoisotopic (exact) mass is 472 g/mol. The normalized spacial score (nSPS) is 15.2. The molecule has 30 heavy (non-hydrogen) atoms. The van der Waals surface area contributed by atoms with Gasteiger partial charge in [0.05, 0.1) is 29.4 Å². The predicted octanol–water partition coefficient (Wildman–Crippen LogP) is 3.30. The maximum absolute atomic E-state index is 12.9. The number of hydrogen-bond donors (Lipinski definition) is 1. The smallest absolute Gasteiger partial charge is 0.337 e. The van der Waals surface area contributed by atoms with Gasteiger partial charge in [0.15, 0.2) is 0 Å². The molecule has 0 spiro atoms. The number of ether oxygens (including phenoxy) is 2. The Balaban J connectivity index is 1.93. The van der Waals surface area contributed by atoms with E-state index in [0.29, 0.717) is 22.4 Å².